The minimum Gasteiger partial charge on any atom is -0.352 e. The van der Waals surface area contributed by atoms with Crippen molar-refractivity contribution in [2.24, 2.45) is 0 Å². The van der Waals surface area contributed by atoms with Crippen molar-refractivity contribution in [2.75, 3.05) is 31.1 Å². The van der Waals surface area contributed by atoms with Crippen LogP contribution in [-0.4, -0.2) is 56.9 Å². The predicted octanol–water partition coefficient (Wildman–Crippen LogP) is 2.01. The zero-order valence-corrected chi connectivity index (χ0v) is 14.4. The summed E-state index contributed by atoms with van der Waals surface area (Å²) in [6.07, 6.45) is 6.55. The Morgan fingerprint density at radius 2 is 1.88 bits per heavy atom. The van der Waals surface area contributed by atoms with Crippen molar-refractivity contribution < 1.29 is 4.79 Å². The standard InChI is InChI=1S/C16H19ClN6O/c1-11(2)15-20-9-12(17)14(21-15)16(24)23-7-5-22(6-8-23)13-10-18-3-4-19-13/h3-4,9-11H,5-8H2,1-2H3. The van der Waals surface area contributed by atoms with Crippen molar-refractivity contribution in [3.8, 4) is 0 Å². The molecule has 0 spiro atoms. The second kappa shape index (κ2) is 7.09. The number of halogens is 1. The first kappa shape index (κ1) is 16.6. The van der Waals surface area contributed by atoms with E-state index in [0.717, 1.165) is 5.82 Å². The number of aromatic nitrogens is 4. The van der Waals surface area contributed by atoms with Gasteiger partial charge in [-0.25, -0.2) is 15.0 Å². The summed E-state index contributed by atoms with van der Waals surface area (Å²) >= 11 is 6.14. The highest BCUT2D eigenvalue weighted by atomic mass is 35.5. The van der Waals surface area contributed by atoms with Gasteiger partial charge in [-0.1, -0.05) is 25.4 Å². The average Bonchev–Trinajstić information content (AvgIpc) is 2.62. The van der Waals surface area contributed by atoms with Gasteiger partial charge in [0, 0.05) is 44.5 Å². The Bertz CT molecular complexity index is 716. The Hall–Kier alpha value is -2.28. The summed E-state index contributed by atoms with van der Waals surface area (Å²) in [5, 5.41) is 0.292. The fourth-order valence-electron chi connectivity index (χ4n) is 2.55. The molecule has 1 fully saturated rings. The molecule has 0 N–H and O–H groups in total. The van der Waals surface area contributed by atoms with Crippen LogP contribution >= 0.6 is 11.6 Å². The molecule has 7 nitrogen and oxygen atoms in total. The molecule has 1 amide bonds. The van der Waals surface area contributed by atoms with Crippen LogP contribution in [0, 0.1) is 0 Å². The van der Waals surface area contributed by atoms with Gasteiger partial charge in [0.1, 0.15) is 11.6 Å². The second-order valence-corrected chi connectivity index (χ2v) is 6.33. The third-order valence-corrected chi connectivity index (χ3v) is 4.20. The van der Waals surface area contributed by atoms with Crippen LogP contribution in [-0.2, 0) is 0 Å². The number of carbonyl (C=O) groups is 1. The highest BCUT2D eigenvalue weighted by Gasteiger charge is 2.26. The molecule has 0 bridgehead atoms. The van der Waals surface area contributed by atoms with Gasteiger partial charge in [-0.2, -0.15) is 0 Å². The summed E-state index contributed by atoms with van der Waals surface area (Å²) < 4.78 is 0. The zero-order valence-electron chi connectivity index (χ0n) is 13.7. The van der Waals surface area contributed by atoms with Crippen molar-refractivity contribution in [3.05, 3.63) is 41.3 Å². The van der Waals surface area contributed by atoms with Crippen LogP contribution in [0.5, 0.6) is 0 Å². The fourth-order valence-corrected chi connectivity index (χ4v) is 2.72. The molecule has 0 radical (unpaired) electrons. The van der Waals surface area contributed by atoms with E-state index in [-0.39, 0.29) is 17.5 Å². The molecule has 8 heteroatoms. The van der Waals surface area contributed by atoms with Gasteiger partial charge in [-0.3, -0.25) is 9.78 Å². The fraction of sp³-hybridized carbons (Fsp3) is 0.438. The average molecular weight is 347 g/mol. The lowest BCUT2D eigenvalue weighted by molar-refractivity contribution is 0.0740. The van der Waals surface area contributed by atoms with Crippen molar-refractivity contribution in [1.29, 1.82) is 0 Å². The van der Waals surface area contributed by atoms with Gasteiger partial charge in [0.05, 0.1) is 17.4 Å². The van der Waals surface area contributed by atoms with Crippen LogP contribution in [0.3, 0.4) is 0 Å². The number of hydrogen-bond acceptors (Lipinski definition) is 6. The molecule has 126 valence electrons. The van der Waals surface area contributed by atoms with Gasteiger partial charge in [0.2, 0.25) is 0 Å². The Morgan fingerprint density at radius 3 is 2.50 bits per heavy atom. The molecule has 1 aliphatic rings. The SMILES string of the molecule is CC(C)c1ncc(Cl)c(C(=O)N2CCN(c3cnccn3)CC2)n1. The zero-order chi connectivity index (χ0) is 17.1. The summed E-state index contributed by atoms with van der Waals surface area (Å²) in [7, 11) is 0. The lowest BCUT2D eigenvalue weighted by atomic mass is 10.2. The van der Waals surface area contributed by atoms with Crippen LogP contribution in [0.25, 0.3) is 0 Å². The van der Waals surface area contributed by atoms with Crippen LogP contribution in [0.15, 0.2) is 24.8 Å². The Morgan fingerprint density at radius 1 is 1.12 bits per heavy atom. The van der Waals surface area contributed by atoms with Crippen molar-refractivity contribution in [1.82, 2.24) is 24.8 Å². The third kappa shape index (κ3) is 3.46. The maximum absolute atomic E-state index is 12.7. The molecule has 2 aromatic heterocycles. The van der Waals surface area contributed by atoms with Crippen LogP contribution < -0.4 is 4.90 Å². The molecule has 24 heavy (non-hydrogen) atoms. The smallest absolute Gasteiger partial charge is 0.274 e. The van der Waals surface area contributed by atoms with E-state index in [4.69, 9.17) is 11.6 Å². The van der Waals surface area contributed by atoms with E-state index in [2.05, 4.69) is 24.8 Å². The van der Waals surface area contributed by atoms with E-state index in [1.165, 1.54) is 6.20 Å². The normalized spacial score (nSPS) is 15.0. The number of carbonyl (C=O) groups excluding carboxylic acids is 1. The Labute approximate surface area is 145 Å². The van der Waals surface area contributed by atoms with Crippen molar-refractivity contribution >= 4 is 23.3 Å². The first-order valence-electron chi connectivity index (χ1n) is 7.89. The predicted molar refractivity (Wildman–Crippen MR) is 91.3 cm³/mol. The van der Waals surface area contributed by atoms with E-state index in [9.17, 15) is 4.79 Å². The molecule has 3 rings (SSSR count). The topological polar surface area (TPSA) is 75.1 Å². The summed E-state index contributed by atoms with van der Waals surface area (Å²) in [5.74, 6) is 1.44. The summed E-state index contributed by atoms with van der Waals surface area (Å²) in [6, 6.07) is 0. The van der Waals surface area contributed by atoms with Crippen LogP contribution in [0.1, 0.15) is 36.1 Å². The minimum atomic E-state index is -0.150. The number of amides is 1. The van der Waals surface area contributed by atoms with Gasteiger partial charge in [-0.05, 0) is 0 Å². The minimum absolute atomic E-state index is 0.141. The Kier molecular flexibility index (Phi) is 4.89. The highest BCUT2D eigenvalue weighted by Crippen LogP contribution is 2.19. The molecule has 0 aromatic carbocycles. The lowest BCUT2D eigenvalue weighted by Crippen LogP contribution is -2.49. The van der Waals surface area contributed by atoms with Crippen molar-refractivity contribution in [2.45, 2.75) is 19.8 Å². The van der Waals surface area contributed by atoms with E-state index in [0.29, 0.717) is 37.0 Å². The Balaban J connectivity index is 1.70. The van der Waals surface area contributed by atoms with Gasteiger partial charge in [0.25, 0.3) is 5.91 Å². The number of hydrogen-bond donors (Lipinski definition) is 0. The van der Waals surface area contributed by atoms with E-state index >= 15 is 0 Å². The molecule has 0 aliphatic carbocycles. The molecule has 0 saturated carbocycles. The largest absolute Gasteiger partial charge is 0.352 e. The summed E-state index contributed by atoms with van der Waals surface area (Å²) in [4.78, 5) is 33.5. The van der Waals surface area contributed by atoms with Crippen molar-refractivity contribution in [3.63, 3.8) is 0 Å². The molecular weight excluding hydrogens is 328 g/mol. The first-order chi connectivity index (χ1) is 11.6. The quantitative estimate of drug-likeness (QED) is 0.846. The van der Waals surface area contributed by atoms with E-state index < -0.39 is 0 Å². The molecule has 1 saturated heterocycles. The monoisotopic (exact) mass is 346 g/mol. The third-order valence-electron chi connectivity index (χ3n) is 3.92. The summed E-state index contributed by atoms with van der Waals surface area (Å²) in [6.45, 7) is 6.54. The molecule has 1 aliphatic heterocycles. The highest BCUT2D eigenvalue weighted by molar-refractivity contribution is 6.33. The second-order valence-electron chi connectivity index (χ2n) is 5.92. The molecule has 2 aromatic rings. The van der Waals surface area contributed by atoms with Gasteiger partial charge in [0.15, 0.2) is 5.69 Å². The lowest BCUT2D eigenvalue weighted by Gasteiger charge is -2.35. The maximum Gasteiger partial charge on any atom is 0.274 e. The molecule has 0 atom stereocenters. The van der Waals surface area contributed by atoms with Gasteiger partial charge >= 0.3 is 0 Å². The van der Waals surface area contributed by atoms with Crippen LogP contribution in [0.4, 0.5) is 5.82 Å². The van der Waals surface area contributed by atoms with Crippen LogP contribution in [0.2, 0.25) is 5.02 Å². The maximum atomic E-state index is 12.7. The van der Waals surface area contributed by atoms with Gasteiger partial charge in [-0.15, -0.1) is 0 Å². The number of anilines is 1. The molecule has 3 heterocycles. The first-order valence-corrected chi connectivity index (χ1v) is 8.26. The number of piperazine rings is 1. The number of nitrogens with zero attached hydrogens (tertiary/aromatic N) is 6. The van der Waals surface area contributed by atoms with Gasteiger partial charge < -0.3 is 9.80 Å². The van der Waals surface area contributed by atoms with E-state index in [1.807, 2.05) is 13.8 Å². The van der Waals surface area contributed by atoms with E-state index in [1.54, 1.807) is 23.5 Å². The molecular formula is C16H19ClN6O. The number of rotatable bonds is 3. The molecule has 0 unspecified atom stereocenters. The summed E-state index contributed by atoms with van der Waals surface area (Å²) in [5.41, 5.74) is 0.281.